The maximum absolute atomic E-state index is 6.08. The van der Waals surface area contributed by atoms with Gasteiger partial charge < -0.3 is 5.73 Å². The van der Waals surface area contributed by atoms with Crippen LogP contribution in [0.5, 0.6) is 0 Å². The second kappa shape index (κ2) is 4.64. The Morgan fingerprint density at radius 2 is 2.27 bits per heavy atom. The molecule has 3 heteroatoms. The molecular formula is C12H24N2S. The van der Waals surface area contributed by atoms with E-state index in [-0.39, 0.29) is 0 Å². The fourth-order valence-corrected chi connectivity index (χ4v) is 4.20. The predicted molar refractivity (Wildman–Crippen MR) is 68.2 cm³/mol. The maximum atomic E-state index is 6.08. The van der Waals surface area contributed by atoms with Crippen molar-refractivity contribution in [1.29, 1.82) is 0 Å². The SMILES string of the molecule is CSCCN(C)C1(CN)CC2CCC1C2. The van der Waals surface area contributed by atoms with E-state index < -0.39 is 0 Å². The minimum atomic E-state index is 0.360. The van der Waals surface area contributed by atoms with Gasteiger partial charge in [-0.15, -0.1) is 0 Å². The van der Waals surface area contributed by atoms with Crippen LogP contribution in [0.15, 0.2) is 0 Å². The Morgan fingerprint density at radius 1 is 1.47 bits per heavy atom. The van der Waals surface area contributed by atoms with E-state index in [1.165, 1.54) is 38.0 Å². The lowest BCUT2D eigenvalue weighted by atomic mass is 9.79. The Hall–Kier alpha value is 0.270. The van der Waals surface area contributed by atoms with E-state index in [0.717, 1.165) is 18.4 Å². The van der Waals surface area contributed by atoms with Gasteiger partial charge >= 0.3 is 0 Å². The van der Waals surface area contributed by atoms with Crippen LogP contribution < -0.4 is 5.73 Å². The number of rotatable bonds is 5. The fourth-order valence-electron chi connectivity index (χ4n) is 3.74. The summed E-state index contributed by atoms with van der Waals surface area (Å²) in [7, 11) is 2.28. The lowest BCUT2D eigenvalue weighted by molar-refractivity contribution is 0.0718. The zero-order chi connectivity index (χ0) is 10.9. The van der Waals surface area contributed by atoms with Crippen molar-refractivity contribution in [1.82, 2.24) is 4.90 Å². The molecule has 0 amide bonds. The van der Waals surface area contributed by atoms with Gasteiger partial charge in [0.2, 0.25) is 0 Å². The summed E-state index contributed by atoms with van der Waals surface area (Å²) in [5.41, 5.74) is 6.44. The molecule has 0 radical (unpaired) electrons. The molecule has 2 N–H and O–H groups in total. The molecule has 0 spiro atoms. The fraction of sp³-hybridized carbons (Fsp3) is 1.00. The van der Waals surface area contributed by atoms with Gasteiger partial charge in [-0.1, -0.05) is 6.42 Å². The average molecular weight is 228 g/mol. The number of thioether (sulfide) groups is 1. The van der Waals surface area contributed by atoms with Crippen molar-refractivity contribution in [2.45, 2.75) is 31.2 Å². The van der Waals surface area contributed by atoms with Gasteiger partial charge in [-0.2, -0.15) is 11.8 Å². The van der Waals surface area contributed by atoms with Gasteiger partial charge in [0.15, 0.2) is 0 Å². The third-order valence-electron chi connectivity index (χ3n) is 4.69. The number of nitrogens with two attached hydrogens (primary N) is 1. The first kappa shape index (κ1) is 11.7. The van der Waals surface area contributed by atoms with Crippen LogP contribution in [0.3, 0.4) is 0 Å². The van der Waals surface area contributed by atoms with E-state index in [2.05, 4.69) is 18.2 Å². The number of nitrogens with zero attached hydrogens (tertiary/aromatic N) is 1. The highest BCUT2D eigenvalue weighted by Crippen LogP contribution is 2.52. The minimum absolute atomic E-state index is 0.360. The third-order valence-corrected chi connectivity index (χ3v) is 5.28. The second-order valence-electron chi connectivity index (χ2n) is 5.30. The van der Waals surface area contributed by atoms with Gasteiger partial charge in [0.25, 0.3) is 0 Å². The van der Waals surface area contributed by atoms with E-state index in [1.807, 2.05) is 11.8 Å². The van der Waals surface area contributed by atoms with Crippen LogP contribution in [0.4, 0.5) is 0 Å². The first-order valence-corrected chi connectivity index (χ1v) is 7.52. The molecule has 88 valence electrons. The summed E-state index contributed by atoms with van der Waals surface area (Å²) in [6, 6.07) is 0. The molecule has 15 heavy (non-hydrogen) atoms. The van der Waals surface area contributed by atoms with Crippen molar-refractivity contribution in [3.8, 4) is 0 Å². The van der Waals surface area contributed by atoms with Gasteiger partial charge in [0.05, 0.1) is 0 Å². The van der Waals surface area contributed by atoms with Crippen LogP contribution in [-0.2, 0) is 0 Å². The first-order valence-electron chi connectivity index (χ1n) is 6.13. The molecule has 0 saturated heterocycles. The molecule has 0 heterocycles. The van der Waals surface area contributed by atoms with Gasteiger partial charge in [0.1, 0.15) is 0 Å². The van der Waals surface area contributed by atoms with E-state index in [9.17, 15) is 0 Å². The zero-order valence-corrected chi connectivity index (χ0v) is 10.9. The van der Waals surface area contributed by atoms with Gasteiger partial charge in [0, 0.05) is 24.4 Å². The second-order valence-corrected chi connectivity index (χ2v) is 6.29. The van der Waals surface area contributed by atoms with Crippen molar-refractivity contribution in [3.05, 3.63) is 0 Å². The number of likely N-dealkylation sites (N-methyl/N-ethyl adjacent to an activating group) is 1. The standard InChI is InChI=1S/C12H24N2S/c1-14(5-6-15-2)12(9-13)8-10-3-4-11(12)7-10/h10-11H,3-9,13H2,1-2H3. The van der Waals surface area contributed by atoms with Crippen LogP contribution in [0, 0.1) is 11.8 Å². The van der Waals surface area contributed by atoms with Crippen LogP contribution in [0.1, 0.15) is 25.7 Å². The van der Waals surface area contributed by atoms with Crippen molar-refractivity contribution < 1.29 is 0 Å². The molecule has 0 aliphatic heterocycles. The maximum Gasteiger partial charge on any atom is 0.0359 e. The third kappa shape index (κ3) is 1.94. The molecule has 0 aromatic heterocycles. The van der Waals surface area contributed by atoms with Crippen molar-refractivity contribution >= 4 is 11.8 Å². The van der Waals surface area contributed by atoms with Gasteiger partial charge in [-0.05, 0) is 44.4 Å². The highest BCUT2D eigenvalue weighted by atomic mass is 32.2. The Kier molecular flexibility index (Phi) is 3.63. The number of hydrogen-bond acceptors (Lipinski definition) is 3. The molecule has 3 atom stereocenters. The van der Waals surface area contributed by atoms with Crippen molar-refractivity contribution in [3.63, 3.8) is 0 Å². The van der Waals surface area contributed by atoms with Crippen LogP contribution >= 0.6 is 11.8 Å². The summed E-state index contributed by atoms with van der Waals surface area (Å²) in [6.45, 7) is 2.06. The summed E-state index contributed by atoms with van der Waals surface area (Å²) in [5, 5.41) is 0. The van der Waals surface area contributed by atoms with E-state index in [1.54, 1.807) is 0 Å². The molecule has 2 aliphatic rings. The Balaban J connectivity index is 2.02. The molecule has 2 fully saturated rings. The quantitative estimate of drug-likeness (QED) is 0.778. The summed E-state index contributed by atoms with van der Waals surface area (Å²) < 4.78 is 0. The van der Waals surface area contributed by atoms with E-state index >= 15 is 0 Å². The molecule has 0 aromatic carbocycles. The highest BCUT2D eigenvalue weighted by molar-refractivity contribution is 7.98. The Morgan fingerprint density at radius 3 is 2.73 bits per heavy atom. The monoisotopic (exact) mass is 228 g/mol. The molecule has 0 aromatic rings. The molecule has 2 saturated carbocycles. The van der Waals surface area contributed by atoms with Gasteiger partial charge in [-0.3, -0.25) is 4.90 Å². The smallest absolute Gasteiger partial charge is 0.0359 e. The normalized spacial score (nSPS) is 39.2. The van der Waals surface area contributed by atoms with Crippen LogP contribution in [0.25, 0.3) is 0 Å². The van der Waals surface area contributed by atoms with Crippen LogP contribution in [-0.4, -0.2) is 42.6 Å². The molecule has 3 unspecified atom stereocenters. The molecular weight excluding hydrogens is 204 g/mol. The summed E-state index contributed by atoms with van der Waals surface area (Å²) in [4.78, 5) is 2.56. The molecule has 2 rings (SSSR count). The van der Waals surface area contributed by atoms with Crippen LogP contribution in [0.2, 0.25) is 0 Å². The van der Waals surface area contributed by atoms with Gasteiger partial charge in [-0.25, -0.2) is 0 Å². The van der Waals surface area contributed by atoms with E-state index in [0.29, 0.717) is 5.54 Å². The Bertz CT molecular complexity index is 222. The zero-order valence-electron chi connectivity index (χ0n) is 10.0. The summed E-state index contributed by atoms with van der Waals surface area (Å²) in [6.07, 6.45) is 7.87. The molecule has 2 nitrogen and oxygen atoms in total. The van der Waals surface area contributed by atoms with Crippen molar-refractivity contribution in [2.75, 3.05) is 32.1 Å². The number of fused-ring (bicyclic) bond motifs is 2. The molecule has 2 bridgehead atoms. The topological polar surface area (TPSA) is 29.3 Å². The predicted octanol–water partition coefficient (Wildman–Crippen LogP) is 1.80. The number of hydrogen-bond donors (Lipinski definition) is 1. The largest absolute Gasteiger partial charge is 0.329 e. The lowest BCUT2D eigenvalue weighted by Gasteiger charge is -2.44. The van der Waals surface area contributed by atoms with E-state index in [4.69, 9.17) is 5.73 Å². The Labute approximate surface area is 98.0 Å². The average Bonchev–Trinajstić information content (AvgIpc) is 2.85. The summed E-state index contributed by atoms with van der Waals surface area (Å²) >= 11 is 1.94. The van der Waals surface area contributed by atoms with Crippen molar-refractivity contribution in [2.24, 2.45) is 17.6 Å². The lowest BCUT2D eigenvalue weighted by Crippen LogP contribution is -2.56. The summed E-state index contributed by atoms with van der Waals surface area (Å²) in [5.74, 6) is 3.10. The molecule has 2 aliphatic carbocycles. The highest BCUT2D eigenvalue weighted by Gasteiger charge is 2.51. The minimum Gasteiger partial charge on any atom is -0.329 e. The first-order chi connectivity index (χ1) is 7.23.